The van der Waals surface area contributed by atoms with E-state index in [2.05, 4.69) is 22.0 Å². The number of nitriles is 1. The summed E-state index contributed by atoms with van der Waals surface area (Å²) in [5.41, 5.74) is 2.70. The first-order valence-corrected chi connectivity index (χ1v) is 14.4. The summed E-state index contributed by atoms with van der Waals surface area (Å²) in [7, 11) is 1.51. The van der Waals surface area contributed by atoms with Gasteiger partial charge in [-0.05, 0) is 75.2 Å². The normalized spacial score (nSPS) is 10.9. The summed E-state index contributed by atoms with van der Waals surface area (Å²) < 4.78 is 21.3. The lowest BCUT2D eigenvalue weighted by Crippen LogP contribution is -2.34. The number of aromatic nitrogens is 1. The molecule has 0 aliphatic rings. The molecule has 3 N–H and O–H groups in total. The van der Waals surface area contributed by atoms with Crippen molar-refractivity contribution in [3.63, 3.8) is 0 Å². The number of ether oxygens (including phenoxy) is 3. The molecule has 46 heavy (non-hydrogen) atoms. The summed E-state index contributed by atoms with van der Waals surface area (Å²) >= 11 is 0. The third-order valence-electron chi connectivity index (χ3n) is 6.46. The summed E-state index contributed by atoms with van der Waals surface area (Å²) in [6, 6.07) is 19.4. The zero-order valence-electron chi connectivity index (χ0n) is 26.2. The zero-order chi connectivity index (χ0) is 33.3. The molecule has 4 aromatic rings. The Morgan fingerprint density at radius 1 is 1.02 bits per heavy atom. The molecule has 0 aliphatic carbocycles. The summed E-state index contributed by atoms with van der Waals surface area (Å²) in [4.78, 5) is 42.4. The molecule has 2 aromatic carbocycles. The topological polar surface area (TPSA) is 165 Å². The number of hydrogen-bond donors (Lipinski definition) is 3. The van der Waals surface area contributed by atoms with Gasteiger partial charge in [0.05, 0.1) is 12.0 Å². The van der Waals surface area contributed by atoms with E-state index in [9.17, 15) is 19.6 Å². The van der Waals surface area contributed by atoms with Crippen LogP contribution < -0.4 is 20.7 Å². The van der Waals surface area contributed by atoms with E-state index in [1.165, 1.54) is 19.4 Å². The maximum Gasteiger partial charge on any atom is 0.407 e. The third-order valence-corrected chi connectivity index (χ3v) is 6.46. The molecule has 0 spiro atoms. The molecule has 0 saturated carbocycles. The lowest BCUT2D eigenvalue weighted by molar-refractivity contribution is -0.116. The highest BCUT2D eigenvalue weighted by atomic mass is 16.7. The Balaban J connectivity index is 1.71. The van der Waals surface area contributed by atoms with E-state index in [0.717, 1.165) is 0 Å². The van der Waals surface area contributed by atoms with Gasteiger partial charge in [0.25, 0.3) is 5.91 Å². The van der Waals surface area contributed by atoms with Gasteiger partial charge in [-0.25, -0.2) is 9.78 Å². The first-order chi connectivity index (χ1) is 22.0. The summed E-state index contributed by atoms with van der Waals surface area (Å²) in [5, 5.41) is 18.5. The largest absolute Gasteiger partial charge is 0.467 e. The summed E-state index contributed by atoms with van der Waals surface area (Å²) in [5.74, 6) is -0.371. The van der Waals surface area contributed by atoms with Gasteiger partial charge in [0.15, 0.2) is 18.4 Å². The van der Waals surface area contributed by atoms with Gasteiger partial charge in [-0.1, -0.05) is 24.3 Å². The minimum atomic E-state index is -0.652. The van der Waals surface area contributed by atoms with Crippen LogP contribution in [0, 0.1) is 18.3 Å². The van der Waals surface area contributed by atoms with Crippen LogP contribution in [-0.4, -0.2) is 48.9 Å². The molecule has 3 amide bonds. The highest BCUT2D eigenvalue weighted by Gasteiger charge is 2.24. The molecule has 0 fully saturated rings. The van der Waals surface area contributed by atoms with Crippen molar-refractivity contribution in [1.29, 1.82) is 5.26 Å². The number of para-hydroxylation sites is 1. The SMILES string of the molecule is COCOc1ccccc1-c1nc(NC(=O)c2ccco2)c(C#N)c(-c2cccc(NC(=O)CCNC(=O)OC(C)(C)C)c2)c1C. The molecule has 2 aromatic heterocycles. The molecule has 0 radical (unpaired) electrons. The van der Waals surface area contributed by atoms with E-state index in [1.807, 2.05) is 25.1 Å². The second kappa shape index (κ2) is 14.9. The fourth-order valence-electron chi connectivity index (χ4n) is 4.55. The Morgan fingerprint density at radius 2 is 1.80 bits per heavy atom. The van der Waals surface area contributed by atoms with Gasteiger partial charge in [0.1, 0.15) is 23.0 Å². The number of carbonyl (C=O) groups is 3. The Kier molecular flexibility index (Phi) is 10.7. The lowest BCUT2D eigenvalue weighted by Gasteiger charge is -2.19. The van der Waals surface area contributed by atoms with Crippen LogP contribution in [0.3, 0.4) is 0 Å². The quantitative estimate of drug-likeness (QED) is 0.163. The average molecular weight is 626 g/mol. The van der Waals surface area contributed by atoms with E-state index in [-0.39, 0.29) is 42.8 Å². The number of rotatable bonds is 11. The summed E-state index contributed by atoms with van der Waals surface area (Å²) in [6.07, 6.45) is 0.766. The number of alkyl carbamates (subject to hydrolysis) is 1. The van der Waals surface area contributed by atoms with Crippen LogP contribution in [0.15, 0.2) is 71.3 Å². The van der Waals surface area contributed by atoms with E-state index >= 15 is 0 Å². The highest BCUT2D eigenvalue weighted by molar-refractivity contribution is 6.03. The van der Waals surface area contributed by atoms with Crippen LogP contribution in [-0.2, 0) is 14.3 Å². The van der Waals surface area contributed by atoms with Gasteiger partial charge in [-0.2, -0.15) is 5.26 Å². The predicted octanol–water partition coefficient (Wildman–Crippen LogP) is 6.28. The molecule has 0 aliphatic heterocycles. The molecule has 0 bridgehead atoms. The highest BCUT2D eigenvalue weighted by Crippen LogP contribution is 2.40. The first-order valence-electron chi connectivity index (χ1n) is 14.4. The summed E-state index contributed by atoms with van der Waals surface area (Å²) in [6.45, 7) is 7.15. The number of nitrogens with zero attached hydrogens (tertiary/aromatic N) is 2. The van der Waals surface area contributed by atoms with Gasteiger partial charge in [0, 0.05) is 36.9 Å². The standard InChI is InChI=1S/C34H35N5O7/c1-21-29(22-10-8-11-23(18-22)37-28(40)15-16-36-33(42)46-34(2,3)4)25(19-35)31(39-32(41)27-14-9-17-44-27)38-30(21)24-12-6-7-13-26(24)45-20-43-5/h6-14,17-18H,15-16,20H2,1-5H3,(H,36,42)(H,37,40)(H,38,39,41). The monoisotopic (exact) mass is 625 g/mol. The first kappa shape index (κ1) is 33.2. The minimum Gasteiger partial charge on any atom is -0.467 e. The third kappa shape index (κ3) is 8.49. The van der Waals surface area contributed by atoms with Crippen molar-refractivity contribution in [2.45, 2.75) is 39.7 Å². The van der Waals surface area contributed by atoms with Crippen molar-refractivity contribution in [3.8, 4) is 34.2 Å². The second-order valence-electron chi connectivity index (χ2n) is 11.1. The molecule has 12 nitrogen and oxygen atoms in total. The Hall–Kier alpha value is -5.67. The number of nitrogens with one attached hydrogen (secondary N) is 3. The fourth-order valence-corrected chi connectivity index (χ4v) is 4.55. The van der Waals surface area contributed by atoms with E-state index in [1.54, 1.807) is 57.2 Å². The number of methoxy groups -OCH3 is 1. The minimum absolute atomic E-state index is 0.00365. The Morgan fingerprint density at radius 3 is 2.50 bits per heavy atom. The van der Waals surface area contributed by atoms with Crippen molar-refractivity contribution in [2.24, 2.45) is 0 Å². The number of amides is 3. The van der Waals surface area contributed by atoms with E-state index in [0.29, 0.717) is 39.4 Å². The van der Waals surface area contributed by atoms with Crippen molar-refractivity contribution in [3.05, 3.63) is 83.8 Å². The van der Waals surface area contributed by atoms with Crippen molar-refractivity contribution < 1.29 is 33.0 Å². The molecular formula is C34H35N5O7. The van der Waals surface area contributed by atoms with Crippen LogP contribution in [0.5, 0.6) is 5.75 Å². The van der Waals surface area contributed by atoms with E-state index in [4.69, 9.17) is 23.6 Å². The van der Waals surface area contributed by atoms with E-state index < -0.39 is 17.6 Å². The zero-order valence-corrected chi connectivity index (χ0v) is 26.2. The number of anilines is 2. The fraction of sp³-hybridized carbons (Fsp3) is 0.265. The van der Waals surface area contributed by atoms with Crippen LogP contribution >= 0.6 is 0 Å². The lowest BCUT2D eigenvalue weighted by atomic mass is 9.92. The van der Waals surface area contributed by atoms with Crippen LogP contribution in [0.4, 0.5) is 16.3 Å². The predicted molar refractivity (Wildman–Crippen MR) is 171 cm³/mol. The number of hydrogen-bond acceptors (Lipinski definition) is 9. The van der Waals surface area contributed by atoms with Gasteiger partial charge >= 0.3 is 6.09 Å². The van der Waals surface area contributed by atoms with Crippen molar-refractivity contribution in [2.75, 3.05) is 31.1 Å². The van der Waals surface area contributed by atoms with Gasteiger partial charge < -0.3 is 34.6 Å². The van der Waals surface area contributed by atoms with Crippen LogP contribution in [0.2, 0.25) is 0 Å². The molecule has 4 rings (SSSR count). The van der Waals surface area contributed by atoms with Gasteiger partial charge in [-0.15, -0.1) is 0 Å². The van der Waals surface area contributed by atoms with Crippen molar-refractivity contribution in [1.82, 2.24) is 10.3 Å². The van der Waals surface area contributed by atoms with Crippen molar-refractivity contribution >= 4 is 29.4 Å². The number of carbonyl (C=O) groups excluding carboxylic acids is 3. The molecule has 0 atom stereocenters. The molecule has 0 saturated heterocycles. The van der Waals surface area contributed by atoms with Gasteiger partial charge in [0.2, 0.25) is 5.91 Å². The smallest absolute Gasteiger partial charge is 0.407 e. The number of benzene rings is 2. The Labute approximate surface area is 266 Å². The molecule has 238 valence electrons. The molecule has 12 heteroatoms. The number of pyridine rings is 1. The number of furan rings is 1. The average Bonchev–Trinajstić information content (AvgIpc) is 3.55. The Bertz CT molecular complexity index is 1750. The second-order valence-corrected chi connectivity index (χ2v) is 11.1. The molecule has 0 unspecified atom stereocenters. The maximum atomic E-state index is 13.0. The van der Waals surface area contributed by atoms with Crippen LogP contribution in [0.1, 0.15) is 48.9 Å². The maximum absolute atomic E-state index is 13.0. The molecule has 2 heterocycles. The van der Waals surface area contributed by atoms with Crippen LogP contribution in [0.25, 0.3) is 22.4 Å². The van der Waals surface area contributed by atoms with Gasteiger partial charge in [-0.3, -0.25) is 9.59 Å². The molecular weight excluding hydrogens is 590 g/mol.